The van der Waals surface area contributed by atoms with Crippen LogP contribution in [0.25, 0.3) is 0 Å². The summed E-state index contributed by atoms with van der Waals surface area (Å²) in [6.07, 6.45) is -0.131. The molecule has 0 aliphatic rings. The monoisotopic (exact) mass is 262 g/mol. The highest BCUT2D eigenvalue weighted by atomic mass is 31.2. The highest BCUT2D eigenvalue weighted by molar-refractivity contribution is 7.53. The van der Waals surface area contributed by atoms with Crippen LogP contribution in [0.3, 0.4) is 0 Å². The van der Waals surface area contributed by atoms with Gasteiger partial charge in [-0.2, -0.15) is 0 Å². The lowest BCUT2D eigenvalue weighted by Crippen LogP contribution is -2.23. The van der Waals surface area contributed by atoms with Crippen molar-refractivity contribution in [3.05, 3.63) is 32.6 Å². The van der Waals surface area contributed by atoms with Crippen molar-refractivity contribution in [3.63, 3.8) is 0 Å². The summed E-state index contributed by atoms with van der Waals surface area (Å²) in [5, 5.41) is 0. The summed E-state index contributed by atoms with van der Waals surface area (Å²) in [5.41, 5.74) is -0.973. The number of hydrogen-bond acceptors (Lipinski definition) is 5. The lowest BCUT2D eigenvalue weighted by atomic mass is 10.4. The normalized spacial score (nSPS) is 11.6. The van der Waals surface area contributed by atoms with Crippen LogP contribution >= 0.6 is 7.60 Å². The molecule has 0 amide bonds. The molecule has 0 aliphatic heterocycles. The molecule has 8 heteroatoms. The van der Waals surface area contributed by atoms with Gasteiger partial charge in [-0.1, -0.05) is 0 Å². The summed E-state index contributed by atoms with van der Waals surface area (Å²) in [5.74, 6) is 0. The van der Waals surface area contributed by atoms with Gasteiger partial charge in [0.05, 0.1) is 19.4 Å². The standard InChI is InChI=1S/C9H15N2O5P/c1-3-15-17(14,16-4-2)6-7-5-8(12)11-9(13)10-7/h5H,3-4,6H2,1-2H3,(H2,10,11,12,13). The molecule has 0 saturated carbocycles. The van der Waals surface area contributed by atoms with Crippen LogP contribution in [0.1, 0.15) is 19.5 Å². The van der Waals surface area contributed by atoms with Gasteiger partial charge in [-0.05, 0) is 13.8 Å². The van der Waals surface area contributed by atoms with E-state index in [-0.39, 0.29) is 25.1 Å². The maximum atomic E-state index is 12.1. The van der Waals surface area contributed by atoms with Crippen LogP contribution < -0.4 is 11.2 Å². The van der Waals surface area contributed by atoms with E-state index < -0.39 is 18.8 Å². The largest absolute Gasteiger partial charge is 0.336 e. The van der Waals surface area contributed by atoms with Gasteiger partial charge in [-0.3, -0.25) is 14.3 Å². The van der Waals surface area contributed by atoms with Gasteiger partial charge < -0.3 is 14.0 Å². The number of aromatic nitrogens is 2. The molecule has 0 radical (unpaired) electrons. The predicted molar refractivity (Wildman–Crippen MR) is 62.2 cm³/mol. The molecule has 0 saturated heterocycles. The minimum atomic E-state index is -3.30. The molecule has 0 aromatic carbocycles. The minimum Gasteiger partial charge on any atom is -0.311 e. The van der Waals surface area contributed by atoms with Gasteiger partial charge in [0.15, 0.2) is 0 Å². The first-order chi connectivity index (χ1) is 7.99. The Morgan fingerprint density at radius 1 is 1.18 bits per heavy atom. The summed E-state index contributed by atoms with van der Waals surface area (Å²) in [4.78, 5) is 26.5. The van der Waals surface area contributed by atoms with Gasteiger partial charge in [0.1, 0.15) is 0 Å². The molecule has 1 aromatic heterocycles. The minimum absolute atomic E-state index is 0.131. The average molecular weight is 262 g/mol. The SMILES string of the molecule is CCOP(=O)(Cc1cc(=O)[nH]c(=O)[nH]1)OCC. The van der Waals surface area contributed by atoms with Gasteiger partial charge in [0, 0.05) is 11.8 Å². The van der Waals surface area contributed by atoms with Crippen molar-refractivity contribution in [2.75, 3.05) is 13.2 Å². The van der Waals surface area contributed by atoms with Crippen LogP contribution in [-0.4, -0.2) is 23.2 Å². The van der Waals surface area contributed by atoms with Crippen LogP contribution in [0.15, 0.2) is 15.7 Å². The third kappa shape index (κ3) is 4.30. The Morgan fingerprint density at radius 2 is 1.76 bits per heavy atom. The summed E-state index contributed by atoms with van der Waals surface area (Å²) < 4.78 is 22.2. The number of H-pyrrole nitrogens is 2. The van der Waals surface area contributed by atoms with Gasteiger partial charge in [0.25, 0.3) is 5.56 Å². The lowest BCUT2D eigenvalue weighted by Gasteiger charge is -2.16. The fourth-order valence-corrected chi connectivity index (χ4v) is 2.97. The molecule has 7 nitrogen and oxygen atoms in total. The van der Waals surface area contributed by atoms with Crippen molar-refractivity contribution in [1.82, 2.24) is 9.97 Å². The van der Waals surface area contributed by atoms with Gasteiger partial charge in [-0.25, -0.2) is 4.79 Å². The Morgan fingerprint density at radius 3 is 2.24 bits per heavy atom. The summed E-state index contributed by atoms with van der Waals surface area (Å²) in [6.45, 7) is 3.83. The number of rotatable bonds is 6. The third-order valence-corrected chi connectivity index (χ3v) is 3.86. The molecule has 0 bridgehead atoms. The molecule has 0 unspecified atom stereocenters. The predicted octanol–water partition coefficient (Wildman–Crippen LogP) is 0.829. The number of nitrogens with one attached hydrogen (secondary N) is 2. The van der Waals surface area contributed by atoms with Gasteiger partial charge >= 0.3 is 13.3 Å². The second-order valence-corrected chi connectivity index (χ2v) is 5.27. The first kappa shape index (κ1) is 13.9. The zero-order valence-corrected chi connectivity index (χ0v) is 10.6. The molecule has 2 N–H and O–H groups in total. The Bertz CT molecular complexity index is 482. The molecule has 1 heterocycles. The van der Waals surface area contributed by atoms with E-state index in [1.807, 2.05) is 4.98 Å². The van der Waals surface area contributed by atoms with Crippen LogP contribution in [0.5, 0.6) is 0 Å². The van der Waals surface area contributed by atoms with Crippen LogP contribution in [0.4, 0.5) is 0 Å². The van der Waals surface area contributed by atoms with E-state index in [0.717, 1.165) is 6.07 Å². The Labute approximate surface area is 97.7 Å². The highest BCUT2D eigenvalue weighted by Crippen LogP contribution is 2.50. The number of hydrogen-bond donors (Lipinski definition) is 2. The molecule has 1 rings (SSSR count). The second-order valence-electron chi connectivity index (χ2n) is 3.22. The van der Waals surface area contributed by atoms with Crippen molar-refractivity contribution >= 4 is 7.60 Å². The molecule has 96 valence electrons. The van der Waals surface area contributed by atoms with E-state index >= 15 is 0 Å². The summed E-state index contributed by atoms with van der Waals surface area (Å²) >= 11 is 0. The second kappa shape index (κ2) is 5.95. The Balaban J connectivity index is 2.97. The van der Waals surface area contributed by atoms with Crippen molar-refractivity contribution in [1.29, 1.82) is 0 Å². The smallest absolute Gasteiger partial charge is 0.311 e. The topological polar surface area (TPSA) is 101 Å². The first-order valence-corrected chi connectivity index (χ1v) is 6.92. The molecular weight excluding hydrogens is 247 g/mol. The highest BCUT2D eigenvalue weighted by Gasteiger charge is 2.24. The van der Waals surface area contributed by atoms with E-state index in [1.54, 1.807) is 13.8 Å². The quantitative estimate of drug-likeness (QED) is 0.739. The summed E-state index contributed by atoms with van der Waals surface area (Å²) in [7, 11) is -3.30. The van der Waals surface area contributed by atoms with Gasteiger partial charge in [0.2, 0.25) is 0 Å². The van der Waals surface area contributed by atoms with Gasteiger partial charge in [-0.15, -0.1) is 0 Å². The maximum Gasteiger partial charge on any atom is 0.336 e. The maximum absolute atomic E-state index is 12.1. The van der Waals surface area contributed by atoms with E-state index in [0.29, 0.717) is 0 Å². The molecule has 1 aromatic rings. The van der Waals surface area contributed by atoms with E-state index in [9.17, 15) is 14.2 Å². The first-order valence-electron chi connectivity index (χ1n) is 5.19. The summed E-state index contributed by atoms with van der Waals surface area (Å²) in [6, 6.07) is 1.16. The van der Waals surface area contributed by atoms with Crippen LogP contribution in [-0.2, 0) is 19.8 Å². The molecule has 0 atom stereocenters. The van der Waals surface area contributed by atoms with E-state index in [1.165, 1.54) is 0 Å². The lowest BCUT2D eigenvalue weighted by molar-refractivity contribution is 0.219. The fraction of sp³-hybridized carbons (Fsp3) is 0.556. The Kier molecular flexibility index (Phi) is 4.86. The zero-order chi connectivity index (χ0) is 12.9. The van der Waals surface area contributed by atoms with E-state index in [4.69, 9.17) is 9.05 Å². The molecule has 17 heavy (non-hydrogen) atoms. The molecule has 0 spiro atoms. The zero-order valence-electron chi connectivity index (χ0n) is 9.69. The van der Waals surface area contributed by atoms with Crippen LogP contribution in [0.2, 0.25) is 0 Å². The van der Waals surface area contributed by atoms with Crippen molar-refractivity contribution in [2.45, 2.75) is 20.0 Å². The number of aromatic amines is 2. The van der Waals surface area contributed by atoms with E-state index in [2.05, 4.69) is 4.98 Å². The molecule has 0 fully saturated rings. The average Bonchev–Trinajstić information content (AvgIpc) is 2.15. The molecular formula is C9H15N2O5P. The fourth-order valence-electron chi connectivity index (χ4n) is 1.34. The Hall–Kier alpha value is -1.17. The van der Waals surface area contributed by atoms with Crippen molar-refractivity contribution < 1.29 is 13.6 Å². The van der Waals surface area contributed by atoms with Crippen molar-refractivity contribution in [3.8, 4) is 0 Å². The third-order valence-electron chi connectivity index (χ3n) is 1.83. The molecule has 0 aliphatic carbocycles. The van der Waals surface area contributed by atoms with Crippen molar-refractivity contribution in [2.24, 2.45) is 0 Å². The van der Waals surface area contributed by atoms with Crippen LogP contribution in [0, 0.1) is 0 Å².